The predicted molar refractivity (Wildman–Crippen MR) is 92.8 cm³/mol. The minimum absolute atomic E-state index is 0.0229. The highest BCUT2D eigenvalue weighted by atomic mass is 16.5. The van der Waals surface area contributed by atoms with Crippen molar-refractivity contribution >= 4 is 5.91 Å². The summed E-state index contributed by atoms with van der Waals surface area (Å²) in [5, 5.41) is 17.1. The number of aromatic nitrogens is 1. The average molecular weight is 330 g/mol. The summed E-state index contributed by atoms with van der Waals surface area (Å²) >= 11 is 0. The Hall–Kier alpha value is -2.14. The number of nitrogens with zero attached hydrogens (tertiary/aromatic N) is 1. The number of amides is 1. The van der Waals surface area contributed by atoms with E-state index in [1.54, 1.807) is 0 Å². The largest absolute Gasteiger partial charge is 0.391 e. The minimum Gasteiger partial charge on any atom is -0.391 e. The number of rotatable bonds is 7. The molecule has 5 nitrogen and oxygen atoms in total. The van der Waals surface area contributed by atoms with E-state index in [1.807, 2.05) is 58.0 Å². The molecule has 2 rings (SSSR count). The number of hydrogen-bond acceptors (Lipinski definition) is 4. The van der Waals surface area contributed by atoms with Crippen LogP contribution in [0.2, 0.25) is 0 Å². The molecular formula is C19H26N2O3. The van der Waals surface area contributed by atoms with Crippen LogP contribution in [0, 0.1) is 13.8 Å². The first kappa shape index (κ1) is 18.2. The third kappa shape index (κ3) is 4.68. The SMILES string of the molecule is Cc1noc(C)c1C(C)CC(=O)NC(C)C(O)Cc1ccccc1. The Labute approximate surface area is 143 Å². The molecule has 0 aliphatic rings. The lowest BCUT2D eigenvalue weighted by atomic mass is 9.95. The predicted octanol–water partition coefficient (Wildman–Crippen LogP) is 2.89. The van der Waals surface area contributed by atoms with Gasteiger partial charge in [0.05, 0.1) is 17.8 Å². The van der Waals surface area contributed by atoms with Crippen LogP contribution in [-0.2, 0) is 11.2 Å². The van der Waals surface area contributed by atoms with Crippen molar-refractivity contribution in [2.24, 2.45) is 0 Å². The topological polar surface area (TPSA) is 75.4 Å². The van der Waals surface area contributed by atoms with Crippen LogP contribution in [-0.4, -0.2) is 28.3 Å². The molecule has 1 amide bonds. The molecule has 0 radical (unpaired) electrons. The third-order valence-corrected chi connectivity index (χ3v) is 4.33. The second-order valence-electron chi connectivity index (χ2n) is 6.46. The Morgan fingerprint density at radius 3 is 2.50 bits per heavy atom. The molecule has 1 aromatic carbocycles. The van der Waals surface area contributed by atoms with Crippen molar-refractivity contribution in [3.05, 3.63) is 52.9 Å². The smallest absolute Gasteiger partial charge is 0.220 e. The molecule has 0 spiro atoms. The standard InChI is InChI=1S/C19H26N2O3/c1-12(19-14(3)21-24-15(19)4)10-18(23)20-13(2)17(22)11-16-8-6-5-7-9-16/h5-9,12-13,17,22H,10-11H2,1-4H3,(H,20,23). The maximum atomic E-state index is 12.3. The summed E-state index contributed by atoms with van der Waals surface area (Å²) in [5.41, 5.74) is 2.86. The molecule has 3 unspecified atom stereocenters. The molecule has 2 aromatic rings. The van der Waals surface area contributed by atoms with Gasteiger partial charge < -0.3 is 14.9 Å². The monoisotopic (exact) mass is 330 g/mol. The lowest BCUT2D eigenvalue weighted by molar-refractivity contribution is -0.122. The van der Waals surface area contributed by atoms with Gasteiger partial charge in [-0.2, -0.15) is 0 Å². The molecular weight excluding hydrogens is 304 g/mol. The summed E-state index contributed by atoms with van der Waals surface area (Å²) in [7, 11) is 0. The highest BCUT2D eigenvalue weighted by molar-refractivity contribution is 5.77. The van der Waals surface area contributed by atoms with Crippen LogP contribution in [0.5, 0.6) is 0 Å². The second kappa shape index (κ2) is 8.11. The molecule has 1 heterocycles. The molecule has 0 saturated heterocycles. The summed E-state index contributed by atoms with van der Waals surface area (Å²) in [5.74, 6) is 0.696. The van der Waals surface area contributed by atoms with E-state index in [-0.39, 0.29) is 17.9 Å². The van der Waals surface area contributed by atoms with Crippen molar-refractivity contribution in [1.29, 1.82) is 0 Å². The van der Waals surface area contributed by atoms with E-state index in [9.17, 15) is 9.90 Å². The fourth-order valence-corrected chi connectivity index (χ4v) is 3.02. The third-order valence-electron chi connectivity index (χ3n) is 4.33. The molecule has 2 N–H and O–H groups in total. The van der Waals surface area contributed by atoms with E-state index >= 15 is 0 Å². The van der Waals surface area contributed by atoms with E-state index in [4.69, 9.17) is 4.52 Å². The zero-order valence-electron chi connectivity index (χ0n) is 14.7. The number of aliphatic hydroxyl groups excluding tert-OH is 1. The molecule has 0 bridgehead atoms. The van der Waals surface area contributed by atoms with Gasteiger partial charge in [0.2, 0.25) is 5.91 Å². The highest BCUT2D eigenvalue weighted by Crippen LogP contribution is 2.25. The lowest BCUT2D eigenvalue weighted by Gasteiger charge is -2.21. The van der Waals surface area contributed by atoms with E-state index in [0.717, 1.165) is 22.6 Å². The Morgan fingerprint density at radius 2 is 1.92 bits per heavy atom. The van der Waals surface area contributed by atoms with Crippen LogP contribution in [0.15, 0.2) is 34.9 Å². The second-order valence-corrected chi connectivity index (χ2v) is 6.46. The maximum Gasteiger partial charge on any atom is 0.220 e. The van der Waals surface area contributed by atoms with Crippen molar-refractivity contribution in [2.45, 2.75) is 58.6 Å². The summed E-state index contributed by atoms with van der Waals surface area (Å²) in [4.78, 5) is 12.3. The van der Waals surface area contributed by atoms with E-state index < -0.39 is 6.10 Å². The van der Waals surface area contributed by atoms with Crippen molar-refractivity contribution in [2.75, 3.05) is 0 Å². The van der Waals surface area contributed by atoms with Crippen LogP contribution in [0.3, 0.4) is 0 Å². The minimum atomic E-state index is -0.620. The van der Waals surface area contributed by atoms with Gasteiger partial charge in [-0.3, -0.25) is 4.79 Å². The lowest BCUT2D eigenvalue weighted by Crippen LogP contribution is -2.42. The van der Waals surface area contributed by atoms with E-state index in [2.05, 4.69) is 10.5 Å². The zero-order chi connectivity index (χ0) is 17.7. The van der Waals surface area contributed by atoms with Crippen LogP contribution < -0.4 is 5.32 Å². The van der Waals surface area contributed by atoms with Gasteiger partial charge in [-0.05, 0) is 32.3 Å². The highest BCUT2D eigenvalue weighted by Gasteiger charge is 2.22. The molecule has 0 aliphatic heterocycles. The van der Waals surface area contributed by atoms with Gasteiger partial charge in [-0.1, -0.05) is 42.4 Å². The van der Waals surface area contributed by atoms with Crippen LogP contribution >= 0.6 is 0 Å². The number of hydrogen-bond donors (Lipinski definition) is 2. The number of nitrogens with one attached hydrogen (secondary N) is 1. The van der Waals surface area contributed by atoms with Crippen molar-refractivity contribution < 1.29 is 14.4 Å². The maximum absolute atomic E-state index is 12.3. The quantitative estimate of drug-likeness (QED) is 0.818. The van der Waals surface area contributed by atoms with Gasteiger partial charge in [0.1, 0.15) is 5.76 Å². The number of aryl methyl sites for hydroxylation is 2. The molecule has 5 heteroatoms. The van der Waals surface area contributed by atoms with Gasteiger partial charge in [0.15, 0.2) is 0 Å². The summed E-state index contributed by atoms with van der Waals surface area (Å²) < 4.78 is 5.16. The first-order valence-corrected chi connectivity index (χ1v) is 8.32. The number of benzene rings is 1. The summed E-state index contributed by atoms with van der Waals surface area (Å²) in [6.07, 6.45) is 0.234. The first-order chi connectivity index (χ1) is 11.4. The van der Waals surface area contributed by atoms with Crippen LogP contribution in [0.1, 0.15) is 48.8 Å². The normalized spacial score (nSPS) is 14.9. The molecule has 0 saturated carbocycles. The first-order valence-electron chi connectivity index (χ1n) is 8.32. The zero-order valence-corrected chi connectivity index (χ0v) is 14.7. The average Bonchev–Trinajstić information content (AvgIpc) is 2.87. The molecule has 0 fully saturated rings. The molecule has 3 atom stereocenters. The summed E-state index contributed by atoms with van der Waals surface area (Å²) in [6.45, 7) is 7.55. The van der Waals surface area contributed by atoms with Gasteiger partial charge in [0.25, 0.3) is 0 Å². The molecule has 1 aromatic heterocycles. The molecule has 24 heavy (non-hydrogen) atoms. The van der Waals surface area contributed by atoms with Crippen molar-refractivity contribution in [3.8, 4) is 0 Å². The summed E-state index contributed by atoms with van der Waals surface area (Å²) in [6, 6.07) is 9.45. The Morgan fingerprint density at radius 1 is 1.25 bits per heavy atom. The van der Waals surface area contributed by atoms with Gasteiger partial charge in [0, 0.05) is 18.4 Å². The number of carbonyl (C=O) groups is 1. The van der Waals surface area contributed by atoms with Crippen LogP contribution in [0.25, 0.3) is 0 Å². The van der Waals surface area contributed by atoms with Gasteiger partial charge in [-0.25, -0.2) is 0 Å². The van der Waals surface area contributed by atoms with Gasteiger partial charge in [-0.15, -0.1) is 0 Å². The molecule has 130 valence electrons. The van der Waals surface area contributed by atoms with E-state index in [0.29, 0.717) is 12.8 Å². The van der Waals surface area contributed by atoms with Crippen LogP contribution in [0.4, 0.5) is 0 Å². The Balaban J connectivity index is 1.87. The Bertz CT molecular complexity index is 647. The van der Waals surface area contributed by atoms with Crippen molar-refractivity contribution in [1.82, 2.24) is 10.5 Å². The van der Waals surface area contributed by atoms with Crippen molar-refractivity contribution in [3.63, 3.8) is 0 Å². The number of aliphatic hydroxyl groups is 1. The molecule has 0 aliphatic carbocycles. The number of carbonyl (C=O) groups excluding carboxylic acids is 1. The van der Waals surface area contributed by atoms with E-state index in [1.165, 1.54) is 0 Å². The Kier molecular flexibility index (Phi) is 6.15. The van der Waals surface area contributed by atoms with Gasteiger partial charge >= 0.3 is 0 Å². The fraction of sp³-hybridized carbons (Fsp3) is 0.474. The fourth-order valence-electron chi connectivity index (χ4n) is 3.02.